The number of hydrogen-bond acceptors (Lipinski definition) is 6. The van der Waals surface area contributed by atoms with Crippen LogP contribution < -0.4 is 5.56 Å². The third-order valence-electron chi connectivity index (χ3n) is 3.36. The molecule has 1 saturated heterocycles. The van der Waals surface area contributed by atoms with E-state index in [1.807, 2.05) is 20.8 Å². The van der Waals surface area contributed by atoms with Crippen LogP contribution in [-0.4, -0.2) is 54.7 Å². The number of nitrogens with zero attached hydrogens (tertiary/aromatic N) is 4. The number of ether oxygens (including phenoxy) is 1. The van der Waals surface area contributed by atoms with E-state index in [0.29, 0.717) is 29.3 Å². The van der Waals surface area contributed by atoms with Crippen LogP contribution in [0.25, 0.3) is 11.0 Å². The van der Waals surface area contributed by atoms with E-state index in [1.54, 1.807) is 16.6 Å². The Hall–Kier alpha value is -2.03. The summed E-state index contributed by atoms with van der Waals surface area (Å²) < 4.78 is 6.89. The summed E-state index contributed by atoms with van der Waals surface area (Å²) in [5, 5.41) is 5.24. The lowest BCUT2D eigenvalue weighted by Crippen LogP contribution is -2.53. The Labute approximate surface area is 137 Å². The van der Waals surface area contributed by atoms with Gasteiger partial charge in [0.25, 0.3) is 5.56 Å². The molecule has 0 radical (unpaired) electrons. The van der Waals surface area contributed by atoms with E-state index in [-0.39, 0.29) is 16.9 Å². The summed E-state index contributed by atoms with van der Waals surface area (Å²) in [6.45, 7) is 6.68. The van der Waals surface area contributed by atoms with Gasteiger partial charge in [-0.15, -0.1) is 0 Å². The summed E-state index contributed by atoms with van der Waals surface area (Å²) in [4.78, 5) is 32.7. The van der Waals surface area contributed by atoms with Crippen molar-refractivity contribution in [2.24, 2.45) is 7.05 Å². The van der Waals surface area contributed by atoms with Crippen LogP contribution in [-0.2, 0) is 11.8 Å². The molecule has 1 N–H and O–H groups in total. The van der Waals surface area contributed by atoms with Crippen LogP contribution in [0, 0.1) is 0 Å². The summed E-state index contributed by atoms with van der Waals surface area (Å²) in [5.74, 6) is 0. The van der Waals surface area contributed by atoms with Gasteiger partial charge in [0.15, 0.2) is 10.8 Å². The molecule has 0 spiro atoms. The van der Waals surface area contributed by atoms with E-state index in [9.17, 15) is 9.59 Å². The zero-order valence-corrected chi connectivity index (χ0v) is 14.3. The minimum absolute atomic E-state index is 0.191. The van der Waals surface area contributed by atoms with Gasteiger partial charge in [-0.3, -0.25) is 9.48 Å². The number of aromatic amines is 1. The molecule has 0 aromatic carbocycles. The molecule has 9 heteroatoms. The van der Waals surface area contributed by atoms with Crippen molar-refractivity contribution in [2.75, 3.05) is 13.1 Å². The lowest BCUT2D eigenvalue weighted by atomic mass is 10.2. The SMILES string of the molecule is Cn1ncc2c(=O)[nH]c(SC3CN(C(=O)OC(C)(C)C)C3)nc21. The Balaban J connectivity index is 1.63. The lowest BCUT2D eigenvalue weighted by molar-refractivity contribution is 0.0143. The highest BCUT2D eigenvalue weighted by Crippen LogP contribution is 2.28. The molecule has 0 unspecified atom stereocenters. The van der Waals surface area contributed by atoms with Gasteiger partial charge in [-0.2, -0.15) is 5.10 Å². The third-order valence-corrected chi connectivity index (χ3v) is 4.41. The summed E-state index contributed by atoms with van der Waals surface area (Å²) in [6.07, 6.45) is 1.20. The number of hydrogen-bond donors (Lipinski definition) is 1. The Morgan fingerprint density at radius 3 is 2.78 bits per heavy atom. The Bertz CT molecular complexity index is 801. The molecule has 0 bridgehead atoms. The molecule has 3 rings (SSSR count). The van der Waals surface area contributed by atoms with Crippen molar-refractivity contribution in [3.63, 3.8) is 0 Å². The molecule has 1 fully saturated rings. The van der Waals surface area contributed by atoms with Crippen molar-refractivity contribution >= 4 is 28.9 Å². The predicted octanol–water partition coefficient (Wildman–Crippen LogP) is 1.37. The fourth-order valence-electron chi connectivity index (χ4n) is 2.21. The van der Waals surface area contributed by atoms with Crippen molar-refractivity contribution in [3.05, 3.63) is 16.6 Å². The number of thioether (sulfide) groups is 1. The van der Waals surface area contributed by atoms with E-state index in [2.05, 4.69) is 15.1 Å². The van der Waals surface area contributed by atoms with Crippen molar-refractivity contribution in [1.29, 1.82) is 0 Å². The van der Waals surface area contributed by atoms with E-state index in [4.69, 9.17) is 4.74 Å². The number of fused-ring (bicyclic) bond motifs is 1. The zero-order valence-electron chi connectivity index (χ0n) is 13.5. The number of likely N-dealkylation sites (tertiary alicyclic amines) is 1. The van der Waals surface area contributed by atoms with E-state index < -0.39 is 5.60 Å². The van der Waals surface area contributed by atoms with Gasteiger partial charge in [0.05, 0.1) is 6.20 Å². The third kappa shape index (κ3) is 3.34. The number of carbonyl (C=O) groups is 1. The maximum atomic E-state index is 12.0. The predicted molar refractivity (Wildman–Crippen MR) is 86.6 cm³/mol. The van der Waals surface area contributed by atoms with Gasteiger partial charge >= 0.3 is 6.09 Å². The number of amides is 1. The molecule has 0 atom stereocenters. The van der Waals surface area contributed by atoms with Crippen LogP contribution in [0.3, 0.4) is 0 Å². The first-order chi connectivity index (χ1) is 10.7. The molecular weight excluding hydrogens is 318 g/mol. The second-order valence-corrected chi connectivity index (χ2v) is 7.79. The first-order valence-corrected chi connectivity index (χ1v) is 8.17. The summed E-state index contributed by atoms with van der Waals surface area (Å²) in [6, 6.07) is 0. The smallest absolute Gasteiger partial charge is 0.410 e. The van der Waals surface area contributed by atoms with Crippen LogP contribution in [0.15, 0.2) is 16.1 Å². The summed E-state index contributed by atoms with van der Waals surface area (Å²) in [5.41, 5.74) is -0.138. The van der Waals surface area contributed by atoms with Gasteiger partial charge in [-0.05, 0) is 20.8 Å². The van der Waals surface area contributed by atoms with Gasteiger partial charge in [0.1, 0.15) is 11.0 Å². The number of rotatable bonds is 2. The van der Waals surface area contributed by atoms with Crippen molar-refractivity contribution in [1.82, 2.24) is 24.6 Å². The van der Waals surface area contributed by atoms with Crippen LogP contribution in [0.5, 0.6) is 0 Å². The highest BCUT2D eigenvalue weighted by atomic mass is 32.2. The topological polar surface area (TPSA) is 93.1 Å². The Morgan fingerprint density at radius 2 is 2.13 bits per heavy atom. The maximum absolute atomic E-state index is 12.0. The van der Waals surface area contributed by atoms with Crippen LogP contribution in [0.4, 0.5) is 4.79 Å². The number of aromatic nitrogens is 4. The fourth-order valence-corrected chi connectivity index (χ4v) is 3.33. The molecular formula is C14H19N5O3S. The quantitative estimate of drug-likeness (QED) is 0.832. The molecule has 1 aliphatic heterocycles. The van der Waals surface area contributed by atoms with Gasteiger partial charge < -0.3 is 14.6 Å². The normalized spacial score (nSPS) is 15.7. The van der Waals surface area contributed by atoms with Gasteiger partial charge in [0, 0.05) is 25.4 Å². The van der Waals surface area contributed by atoms with Gasteiger partial charge in [0.2, 0.25) is 0 Å². The average molecular weight is 337 g/mol. The summed E-state index contributed by atoms with van der Waals surface area (Å²) >= 11 is 1.45. The molecule has 2 aromatic rings. The number of carbonyl (C=O) groups excluding carboxylic acids is 1. The van der Waals surface area contributed by atoms with Crippen LogP contribution >= 0.6 is 11.8 Å². The largest absolute Gasteiger partial charge is 0.444 e. The molecule has 2 aromatic heterocycles. The Morgan fingerprint density at radius 1 is 1.43 bits per heavy atom. The van der Waals surface area contributed by atoms with Crippen molar-refractivity contribution in [3.8, 4) is 0 Å². The molecule has 0 saturated carbocycles. The summed E-state index contributed by atoms with van der Waals surface area (Å²) in [7, 11) is 1.75. The molecule has 8 nitrogen and oxygen atoms in total. The molecule has 1 aliphatic rings. The number of aryl methyl sites for hydroxylation is 1. The van der Waals surface area contributed by atoms with E-state index in [0.717, 1.165) is 0 Å². The molecule has 23 heavy (non-hydrogen) atoms. The molecule has 3 heterocycles. The van der Waals surface area contributed by atoms with Crippen LogP contribution in [0.2, 0.25) is 0 Å². The first-order valence-electron chi connectivity index (χ1n) is 7.29. The lowest BCUT2D eigenvalue weighted by Gasteiger charge is -2.38. The van der Waals surface area contributed by atoms with Crippen molar-refractivity contribution < 1.29 is 9.53 Å². The first kappa shape index (κ1) is 15.9. The highest BCUT2D eigenvalue weighted by molar-refractivity contribution is 7.99. The molecule has 0 aliphatic carbocycles. The molecule has 124 valence electrons. The number of H-pyrrole nitrogens is 1. The van der Waals surface area contributed by atoms with E-state index in [1.165, 1.54) is 18.0 Å². The van der Waals surface area contributed by atoms with E-state index >= 15 is 0 Å². The van der Waals surface area contributed by atoms with Gasteiger partial charge in [-0.1, -0.05) is 11.8 Å². The van der Waals surface area contributed by atoms with Crippen LogP contribution in [0.1, 0.15) is 20.8 Å². The fraction of sp³-hybridized carbons (Fsp3) is 0.571. The van der Waals surface area contributed by atoms with Crippen molar-refractivity contribution in [2.45, 2.75) is 36.8 Å². The average Bonchev–Trinajstić information content (AvgIpc) is 2.73. The van der Waals surface area contributed by atoms with Gasteiger partial charge in [-0.25, -0.2) is 9.78 Å². The second-order valence-electron chi connectivity index (χ2n) is 6.50. The number of nitrogens with one attached hydrogen (secondary N) is 1. The monoisotopic (exact) mass is 337 g/mol. The minimum atomic E-state index is -0.493. The zero-order chi connectivity index (χ0) is 16.8. The highest BCUT2D eigenvalue weighted by Gasteiger charge is 2.34. The Kier molecular flexibility index (Phi) is 3.83. The second kappa shape index (κ2) is 5.55. The molecule has 1 amide bonds. The standard InChI is InChI=1S/C14H19N5O3S/c1-14(2,3)22-13(21)19-6-8(7-19)23-12-16-10-9(11(20)17-12)5-15-18(10)4/h5,8H,6-7H2,1-4H3,(H,16,17,20). The minimum Gasteiger partial charge on any atom is -0.444 e. The maximum Gasteiger partial charge on any atom is 0.410 e.